The van der Waals surface area contributed by atoms with Crippen LogP contribution >= 0.6 is 0 Å². The Labute approximate surface area is 164 Å². The highest BCUT2D eigenvalue weighted by Crippen LogP contribution is 2.10. The number of ether oxygens (including phenoxy) is 2. The lowest BCUT2D eigenvalue weighted by molar-refractivity contribution is -0.153. The first-order valence-corrected chi connectivity index (χ1v) is 9.17. The molecular weight excluding hydrogens is 367 g/mol. The number of carbonyl (C=O) groups is 3. The number of halogens is 1. The molecule has 0 radical (unpaired) electrons. The zero-order chi connectivity index (χ0) is 21.1. The van der Waals surface area contributed by atoms with Crippen molar-refractivity contribution in [2.24, 2.45) is 0 Å². The fraction of sp³-hybridized carbons (Fsp3) is 0.500. The minimum atomic E-state index is -1.03. The molecule has 0 fully saturated rings. The van der Waals surface area contributed by atoms with Crippen LogP contribution in [-0.4, -0.2) is 48.7 Å². The van der Waals surface area contributed by atoms with E-state index in [1.54, 1.807) is 32.9 Å². The van der Waals surface area contributed by atoms with Crippen molar-refractivity contribution in [3.05, 3.63) is 35.6 Å². The van der Waals surface area contributed by atoms with Gasteiger partial charge in [0.05, 0.1) is 12.3 Å². The van der Waals surface area contributed by atoms with Crippen molar-refractivity contribution in [2.75, 3.05) is 6.61 Å². The first-order valence-electron chi connectivity index (χ1n) is 9.17. The molecule has 0 saturated carbocycles. The summed E-state index contributed by atoms with van der Waals surface area (Å²) in [6.45, 7) is 5.36. The maximum Gasteiger partial charge on any atom is 0.328 e. The quantitative estimate of drug-likeness (QED) is 0.418. The largest absolute Gasteiger partial charge is 0.461 e. The van der Waals surface area contributed by atoms with Gasteiger partial charge in [-0.1, -0.05) is 12.1 Å². The van der Waals surface area contributed by atoms with Gasteiger partial charge in [0.15, 0.2) is 5.78 Å². The van der Waals surface area contributed by atoms with Gasteiger partial charge in [-0.3, -0.25) is 9.59 Å². The van der Waals surface area contributed by atoms with Crippen LogP contribution in [0.5, 0.6) is 0 Å². The normalized spacial score (nSPS) is 12.9. The highest BCUT2D eigenvalue weighted by molar-refractivity contribution is 6.26. The number of ketones is 1. The number of rotatable bonds is 12. The van der Waals surface area contributed by atoms with Crippen LogP contribution in [0.25, 0.3) is 0 Å². The average molecular weight is 394 g/mol. The maximum atomic E-state index is 13.1. The lowest BCUT2D eigenvalue weighted by Gasteiger charge is -2.22. The van der Waals surface area contributed by atoms with Gasteiger partial charge in [0.2, 0.25) is 5.91 Å². The summed E-state index contributed by atoms with van der Waals surface area (Å²) in [4.78, 5) is 36.3. The summed E-state index contributed by atoms with van der Waals surface area (Å²) in [7, 11) is 0. The van der Waals surface area contributed by atoms with E-state index >= 15 is 0 Å². The fourth-order valence-electron chi connectivity index (χ4n) is 2.45. The maximum absolute atomic E-state index is 13.1. The van der Waals surface area contributed by atoms with E-state index in [4.69, 9.17) is 14.9 Å². The van der Waals surface area contributed by atoms with Crippen molar-refractivity contribution in [1.29, 1.82) is 5.41 Å². The molecular formula is C20H27FN2O5. The molecule has 0 spiro atoms. The summed E-state index contributed by atoms with van der Waals surface area (Å²) >= 11 is 0. The molecule has 0 unspecified atom stereocenters. The van der Waals surface area contributed by atoms with E-state index < -0.39 is 29.8 Å². The number of benzene rings is 1. The molecule has 0 saturated heterocycles. The van der Waals surface area contributed by atoms with E-state index in [9.17, 15) is 18.8 Å². The van der Waals surface area contributed by atoms with Crippen molar-refractivity contribution in [2.45, 2.75) is 58.3 Å². The Kier molecular flexibility index (Phi) is 10.0. The van der Waals surface area contributed by atoms with Gasteiger partial charge < -0.3 is 20.2 Å². The van der Waals surface area contributed by atoms with Gasteiger partial charge in [-0.25, -0.2) is 9.18 Å². The molecule has 8 heteroatoms. The van der Waals surface area contributed by atoms with E-state index in [-0.39, 0.29) is 37.8 Å². The molecule has 0 bridgehead atoms. The Morgan fingerprint density at radius 1 is 1.21 bits per heavy atom. The number of carbonyl (C=O) groups excluding carboxylic acids is 3. The van der Waals surface area contributed by atoms with Crippen LogP contribution in [0, 0.1) is 11.2 Å². The Hall–Kier alpha value is -2.61. The van der Waals surface area contributed by atoms with E-state index in [0.29, 0.717) is 11.8 Å². The molecule has 154 valence electrons. The third kappa shape index (κ3) is 8.39. The van der Waals surface area contributed by atoms with E-state index in [1.807, 2.05) is 0 Å². The van der Waals surface area contributed by atoms with Gasteiger partial charge in [0.1, 0.15) is 18.0 Å². The van der Waals surface area contributed by atoms with Crippen LogP contribution in [0.2, 0.25) is 0 Å². The van der Waals surface area contributed by atoms with Gasteiger partial charge in [0, 0.05) is 19.4 Å². The van der Waals surface area contributed by atoms with E-state index in [2.05, 4.69) is 5.32 Å². The minimum absolute atomic E-state index is 0.0148. The zero-order valence-electron chi connectivity index (χ0n) is 16.4. The number of hydrogen-bond acceptors (Lipinski definition) is 6. The second kappa shape index (κ2) is 12.0. The van der Waals surface area contributed by atoms with Crippen LogP contribution in [-0.2, 0) is 30.3 Å². The van der Waals surface area contributed by atoms with Crippen LogP contribution in [0.1, 0.15) is 39.2 Å². The SMILES string of the molecule is CCO[C@@H](Cc1ccc(F)cc1)C(=O)N[C@@H](CCC(=O)C=N)C(=O)OC(C)C. The molecule has 1 aromatic rings. The van der Waals surface area contributed by atoms with Gasteiger partial charge in [-0.2, -0.15) is 0 Å². The highest BCUT2D eigenvalue weighted by Gasteiger charge is 2.28. The Bertz CT molecular complexity index is 676. The first kappa shape index (κ1) is 23.4. The average Bonchev–Trinajstić information content (AvgIpc) is 2.65. The van der Waals surface area contributed by atoms with Gasteiger partial charge in [0.25, 0.3) is 0 Å². The summed E-state index contributed by atoms with van der Waals surface area (Å²) < 4.78 is 23.7. The topological polar surface area (TPSA) is 106 Å². The fourth-order valence-corrected chi connectivity index (χ4v) is 2.45. The van der Waals surface area contributed by atoms with Crippen LogP contribution in [0.4, 0.5) is 4.39 Å². The molecule has 0 heterocycles. The smallest absolute Gasteiger partial charge is 0.328 e. The van der Waals surface area contributed by atoms with Crippen molar-refractivity contribution in [3.8, 4) is 0 Å². The predicted octanol–water partition coefficient (Wildman–Crippen LogP) is 2.21. The number of hydrogen-bond donors (Lipinski definition) is 2. The molecule has 2 N–H and O–H groups in total. The van der Waals surface area contributed by atoms with Crippen LogP contribution in [0.3, 0.4) is 0 Å². The van der Waals surface area contributed by atoms with Gasteiger partial charge >= 0.3 is 5.97 Å². The third-order valence-electron chi connectivity index (χ3n) is 3.79. The summed E-state index contributed by atoms with van der Waals surface area (Å²) in [6, 6.07) is 4.67. The second-order valence-corrected chi connectivity index (χ2v) is 6.47. The first-order chi connectivity index (χ1) is 13.3. The lowest BCUT2D eigenvalue weighted by Crippen LogP contribution is -2.48. The van der Waals surface area contributed by atoms with Crippen molar-refractivity contribution in [1.82, 2.24) is 5.32 Å². The van der Waals surface area contributed by atoms with Crippen LogP contribution < -0.4 is 5.32 Å². The molecule has 1 rings (SSSR count). The number of amides is 1. The Balaban J connectivity index is 2.86. The van der Waals surface area contributed by atoms with E-state index in [1.165, 1.54) is 12.1 Å². The second-order valence-electron chi connectivity index (χ2n) is 6.47. The number of esters is 1. The Morgan fingerprint density at radius 2 is 1.86 bits per heavy atom. The van der Waals surface area contributed by atoms with Crippen LogP contribution in [0.15, 0.2) is 24.3 Å². The lowest BCUT2D eigenvalue weighted by atomic mass is 10.1. The predicted molar refractivity (Wildman–Crippen MR) is 102 cm³/mol. The van der Waals surface area contributed by atoms with Gasteiger partial charge in [-0.05, 0) is 44.9 Å². The molecule has 7 nitrogen and oxygen atoms in total. The summed E-state index contributed by atoms with van der Waals surface area (Å²) in [5, 5.41) is 9.53. The molecule has 2 atom stereocenters. The molecule has 28 heavy (non-hydrogen) atoms. The molecule has 1 amide bonds. The molecule has 0 aliphatic carbocycles. The van der Waals surface area contributed by atoms with E-state index in [0.717, 1.165) is 0 Å². The standard InChI is InChI=1S/C20H27FN2O5/c1-4-27-18(11-14-5-7-15(21)8-6-14)19(25)23-17(10-9-16(24)12-22)20(26)28-13(2)3/h5-8,12-13,17-18,22H,4,9-11H2,1-3H3,(H,23,25)/t17-,18-/m0/s1. The van der Waals surface area contributed by atoms with Crippen molar-refractivity contribution in [3.63, 3.8) is 0 Å². The molecule has 0 aliphatic rings. The number of Topliss-reactive ketones (excluding diaryl/α,β-unsaturated/α-hetero) is 1. The summed E-state index contributed by atoms with van der Waals surface area (Å²) in [5.41, 5.74) is 0.704. The summed E-state index contributed by atoms with van der Waals surface area (Å²) in [5.74, 6) is -2.02. The molecule has 1 aromatic carbocycles. The van der Waals surface area contributed by atoms with Gasteiger partial charge in [-0.15, -0.1) is 0 Å². The Morgan fingerprint density at radius 3 is 2.39 bits per heavy atom. The number of nitrogens with one attached hydrogen (secondary N) is 2. The summed E-state index contributed by atoms with van der Waals surface area (Å²) in [6.07, 6.45) is -0.453. The minimum Gasteiger partial charge on any atom is -0.461 e. The molecule has 0 aromatic heterocycles. The molecule has 0 aliphatic heterocycles. The van der Waals surface area contributed by atoms with Crippen molar-refractivity contribution < 1.29 is 28.2 Å². The third-order valence-corrected chi connectivity index (χ3v) is 3.79. The monoisotopic (exact) mass is 394 g/mol. The highest BCUT2D eigenvalue weighted by atomic mass is 19.1. The van der Waals surface area contributed by atoms with Crippen molar-refractivity contribution >= 4 is 23.9 Å². The zero-order valence-corrected chi connectivity index (χ0v) is 16.4.